The number of nitro benzene ring substituents is 2. The molecule has 2 aromatic heterocycles. The molecule has 0 aliphatic rings. The molecule has 0 spiro atoms. The number of aromatic nitrogens is 4. The fourth-order valence-corrected chi connectivity index (χ4v) is 4.20. The van der Waals surface area contributed by atoms with Crippen molar-refractivity contribution in [3.8, 4) is 5.82 Å². The SMILES string of the molecule is Cc1nn(-c2ccc(NCCNS(=O)(=O)c3cc([N+](=O)[O-])c(C)c([N+](=O)[O-])c3)nn2)c(C)c1C. The maximum atomic E-state index is 12.5. The van der Waals surface area contributed by atoms with Crippen molar-refractivity contribution in [2.45, 2.75) is 32.6 Å². The van der Waals surface area contributed by atoms with Crippen molar-refractivity contribution in [2.24, 2.45) is 0 Å². The molecule has 0 amide bonds. The molecule has 34 heavy (non-hydrogen) atoms. The Labute approximate surface area is 194 Å². The molecule has 2 N–H and O–H groups in total. The molecule has 1 aromatic carbocycles. The van der Waals surface area contributed by atoms with Crippen molar-refractivity contribution in [3.63, 3.8) is 0 Å². The van der Waals surface area contributed by atoms with Crippen molar-refractivity contribution in [3.05, 3.63) is 67.0 Å². The van der Waals surface area contributed by atoms with Crippen molar-refractivity contribution < 1.29 is 18.3 Å². The van der Waals surface area contributed by atoms with E-state index in [2.05, 4.69) is 25.3 Å². The van der Waals surface area contributed by atoms with E-state index < -0.39 is 36.1 Å². The van der Waals surface area contributed by atoms with Gasteiger partial charge in [-0.25, -0.2) is 17.8 Å². The zero-order valence-electron chi connectivity index (χ0n) is 18.8. The maximum absolute atomic E-state index is 12.5. The summed E-state index contributed by atoms with van der Waals surface area (Å²) in [5.41, 5.74) is 1.35. The van der Waals surface area contributed by atoms with Gasteiger partial charge in [0.15, 0.2) is 5.82 Å². The first-order valence-electron chi connectivity index (χ1n) is 9.96. The lowest BCUT2D eigenvalue weighted by Gasteiger charge is -2.09. The summed E-state index contributed by atoms with van der Waals surface area (Å²) in [6.07, 6.45) is 0. The van der Waals surface area contributed by atoms with Gasteiger partial charge >= 0.3 is 0 Å². The standard InChI is InChI=1S/C19H22N8O6S/c1-11-13(3)24-25(14(11)4)19-6-5-18(22-23-19)20-7-8-21-34(32,33)15-9-16(26(28)29)12(2)17(10-15)27(30)31/h5-6,9-10,21H,7-8H2,1-4H3,(H,20,22). The lowest BCUT2D eigenvalue weighted by molar-refractivity contribution is -0.395. The molecular formula is C19H22N8O6S. The Kier molecular flexibility index (Phi) is 6.88. The Bertz CT molecular complexity index is 1330. The molecule has 0 saturated carbocycles. The Morgan fingerprint density at radius 1 is 0.941 bits per heavy atom. The molecule has 3 rings (SSSR count). The highest BCUT2D eigenvalue weighted by Gasteiger charge is 2.27. The number of hydrogen-bond donors (Lipinski definition) is 2. The number of nitro groups is 2. The van der Waals surface area contributed by atoms with E-state index >= 15 is 0 Å². The van der Waals surface area contributed by atoms with E-state index in [0.29, 0.717) is 11.6 Å². The van der Waals surface area contributed by atoms with Crippen LogP contribution in [0.1, 0.15) is 22.5 Å². The summed E-state index contributed by atoms with van der Waals surface area (Å²) in [6, 6.07) is 4.96. The number of anilines is 1. The minimum absolute atomic E-state index is 0.113. The van der Waals surface area contributed by atoms with Crippen molar-refractivity contribution >= 4 is 27.2 Å². The molecule has 180 valence electrons. The van der Waals surface area contributed by atoms with Crippen LogP contribution in [-0.2, 0) is 10.0 Å². The van der Waals surface area contributed by atoms with Crippen LogP contribution in [0.25, 0.3) is 5.82 Å². The predicted octanol–water partition coefficient (Wildman–Crippen LogP) is 2.10. The van der Waals surface area contributed by atoms with Crippen LogP contribution in [0.5, 0.6) is 0 Å². The van der Waals surface area contributed by atoms with Gasteiger partial charge < -0.3 is 5.32 Å². The van der Waals surface area contributed by atoms with Crippen LogP contribution in [0.2, 0.25) is 0 Å². The average molecular weight is 491 g/mol. The van der Waals surface area contributed by atoms with E-state index in [4.69, 9.17) is 0 Å². The summed E-state index contributed by atoms with van der Waals surface area (Å²) >= 11 is 0. The zero-order valence-corrected chi connectivity index (χ0v) is 19.6. The van der Waals surface area contributed by atoms with Crippen LogP contribution in [0.4, 0.5) is 17.2 Å². The van der Waals surface area contributed by atoms with Gasteiger partial charge in [-0.15, -0.1) is 10.2 Å². The van der Waals surface area contributed by atoms with Gasteiger partial charge in [-0.1, -0.05) is 0 Å². The van der Waals surface area contributed by atoms with E-state index in [1.54, 1.807) is 16.8 Å². The van der Waals surface area contributed by atoms with Crippen LogP contribution in [0.15, 0.2) is 29.2 Å². The van der Waals surface area contributed by atoms with Gasteiger partial charge in [0.1, 0.15) is 11.4 Å². The third-order valence-corrected chi connectivity index (χ3v) is 6.71. The molecule has 0 unspecified atom stereocenters. The van der Waals surface area contributed by atoms with E-state index in [0.717, 1.165) is 29.1 Å². The zero-order chi connectivity index (χ0) is 25.2. The fourth-order valence-electron chi connectivity index (χ4n) is 3.13. The van der Waals surface area contributed by atoms with Gasteiger partial charge in [-0.3, -0.25) is 20.2 Å². The maximum Gasteiger partial charge on any atom is 0.280 e. The minimum atomic E-state index is -4.24. The summed E-state index contributed by atoms with van der Waals surface area (Å²) in [7, 11) is -4.24. The van der Waals surface area contributed by atoms with Crippen molar-refractivity contribution in [1.82, 2.24) is 24.7 Å². The van der Waals surface area contributed by atoms with Crippen molar-refractivity contribution in [1.29, 1.82) is 0 Å². The highest BCUT2D eigenvalue weighted by atomic mass is 32.2. The number of hydrogen-bond acceptors (Lipinski definition) is 10. The van der Waals surface area contributed by atoms with Crippen LogP contribution in [0.3, 0.4) is 0 Å². The van der Waals surface area contributed by atoms with Gasteiger partial charge in [0, 0.05) is 30.9 Å². The lowest BCUT2D eigenvalue weighted by atomic mass is 10.1. The summed E-state index contributed by atoms with van der Waals surface area (Å²) in [4.78, 5) is 20.1. The van der Waals surface area contributed by atoms with Gasteiger partial charge in [0.05, 0.1) is 20.4 Å². The minimum Gasteiger partial charge on any atom is -0.367 e. The highest BCUT2D eigenvalue weighted by molar-refractivity contribution is 7.89. The van der Waals surface area contributed by atoms with Gasteiger partial charge in [0.25, 0.3) is 11.4 Å². The smallest absolute Gasteiger partial charge is 0.280 e. The number of rotatable bonds is 9. The third kappa shape index (κ3) is 4.99. The van der Waals surface area contributed by atoms with Crippen LogP contribution >= 0.6 is 0 Å². The molecular weight excluding hydrogens is 468 g/mol. The lowest BCUT2D eigenvalue weighted by Crippen LogP contribution is -2.29. The topological polar surface area (TPSA) is 188 Å². The molecule has 0 radical (unpaired) electrons. The number of benzene rings is 1. The Hall–Kier alpha value is -3.98. The first kappa shape index (κ1) is 24.7. The van der Waals surface area contributed by atoms with Crippen LogP contribution < -0.4 is 10.0 Å². The molecule has 0 aliphatic heterocycles. The largest absolute Gasteiger partial charge is 0.367 e. The fraction of sp³-hybridized carbons (Fsp3) is 0.316. The average Bonchev–Trinajstić information content (AvgIpc) is 3.04. The molecule has 0 saturated heterocycles. The summed E-state index contributed by atoms with van der Waals surface area (Å²) in [5, 5.41) is 37.9. The molecule has 15 heteroatoms. The first-order valence-corrected chi connectivity index (χ1v) is 11.4. The van der Waals surface area contributed by atoms with Crippen LogP contribution in [-0.4, -0.2) is 51.3 Å². The van der Waals surface area contributed by atoms with E-state index in [1.807, 2.05) is 20.8 Å². The second kappa shape index (κ2) is 9.48. The van der Waals surface area contributed by atoms with E-state index in [9.17, 15) is 28.6 Å². The molecule has 3 aromatic rings. The summed E-state index contributed by atoms with van der Waals surface area (Å²) in [5.74, 6) is 0.922. The molecule has 0 aliphatic carbocycles. The highest BCUT2D eigenvalue weighted by Crippen LogP contribution is 2.31. The summed E-state index contributed by atoms with van der Waals surface area (Å²) in [6.45, 7) is 6.97. The second-order valence-electron chi connectivity index (χ2n) is 7.41. The van der Waals surface area contributed by atoms with Crippen LogP contribution in [0, 0.1) is 47.9 Å². The molecule has 2 heterocycles. The van der Waals surface area contributed by atoms with E-state index in [-0.39, 0.29) is 18.7 Å². The molecule has 14 nitrogen and oxygen atoms in total. The van der Waals surface area contributed by atoms with E-state index in [1.165, 1.54) is 6.92 Å². The first-order chi connectivity index (χ1) is 15.9. The predicted molar refractivity (Wildman–Crippen MR) is 122 cm³/mol. The summed E-state index contributed by atoms with van der Waals surface area (Å²) < 4.78 is 29.0. The van der Waals surface area contributed by atoms with Crippen molar-refractivity contribution in [2.75, 3.05) is 18.4 Å². The van der Waals surface area contributed by atoms with Gasteiger partial charge in [-0.05, 0) is 45.4 Å². The number of nitrogens with zero attached hydrogens (tertiary/aromatic N) is 6. The number of nitrogens with one attached hydrogen (secondary N) is 2. The molecule has 0 bridgehead atoms. The molecule has 0 fully saturated rings. The second-order valence-corrected chi connectivity index (χ2v) is 9.18. The Morgan fingerprint density at radius 2 is 1.56 bits per heavy atom. The Morgan fingerprint density at radius 3 is 2.03 bits per heavy atom. The number of aryl methyl sites for hydroxylation is 1. The molecule has 0 atom stereocenters. The number of sulfonamides is 1. The van der Waals surface area contributed by atoms with Gasteiger partial charge in [0.2, 0.25) is 10.0 Å². The van der Waals surface area contributed by atoms with Gasteiger partial charge in [-0.2, -0.15) is 5.10 Å². The third-order valence-electron chi connectivity index (χ3n) is 5.27. The quantitative estimate of drug-likeness (QED) is 0.255. The monoisotopic (exact) mass is 490 g/mol. The normalized spacial score (nSPS) is 11.4. The Balaban J connectivity index is 1.66.